The molecule has 0 aliphatic heterocycles. The summed E-state index contributed by atoms with van der Waals surface area (Å²) >= 11 is 0. The highest BCUT2D eigenvalue weighted by Crippen LogP contribution is 2.16. The lowest BCUT2D eigenvalue weighted by molar-refractivity contribution is -0.119. The van der Waals surface area contributed by atoms with E-state index in [2.05, 4.69) is 10.0 Å². The third kappa shape index (κ3) is 5.57. The van der Waals surface area contributed by atoms with Crippen molar-refractivity contribution in [3.8, 4) is 5.75 Å². The van der Waals surface area contributed by atoms with E-state index in [-0.39, 0.29) is 17.3 Å². The van der Waals surface area contributed by atoms with Crippen molar-refractivity contribution in [1.29, 1.82) is 0 Å². The second-order valence-corrected chi connectivity index (χ2v) is 7.78. The number of hydrogen-bond donors (Lipinski definition) is 2. The van der Waals surface area contributed by atoms with E-state index in [1.807, 2.05) is 37.3 Å². The van der Waals surface area contributed by atoms with Gasteiger partial charge in [0.1, 0.15) is 5.75 Å². The number of amides is 1. The van der Waals surface area contributed by atoms with E-state index in [1.165, 1.54) is 0 Å². The zero-order valence-corrected chi connectivity index (χ0v) is 16.0. The molecule has 0 aliphatic rings. The number of nitrogens with one attached hydrogen (secondary N) is 2. The highest BCUT2D eigenvalue weighted by atomic mass is 32.2. The van der Waals surface area contributed by atoms with Gasteiger partial charge in [-0.15, -0.1) is 0 Å². The molecule has 0 saturated carbocycles. The molecule has 0 saturated heterocycles. The molecule has 26 heavy (non-hydrogen) atoms. The second-order valence-electron chi connectivity index (χ2n) is 6.04. The molecular weight excluding hydrogens is 352 g/mol. The summed E-state index contributed by atoms with van der Waals surface area (Å²) in [6.07, 6.45) is 0.652. The van der Waals surface area contributed by atoms with Crippen LogP contribution in [0.3, 0.4) is 0 Å². The summed E-state index contributed by atoms with van der Waals surface area (Å²) < 4.78 is 32.2. The number of ether oxygens (including phenoxy) is 1. The molecule has 2 aromatic rings. The van der Waals surface area contributed by atoms with Gasteiger partial charge in [-0.25, -0.2) is 13.1 Å². The van der Waals surface area contributed by atoms with E-state index >= 15 is 0 Å². The van der Waals surface area contributed by atoms with E-state index in [0.717, 1.165) is 16.9 Å². The van der Waals surface area contributed by atoms with E-state index in [4.69, 9.17) is 4.74 Å². The predicted octanol–water partition coefficient (Wildman–Crippen LogP) is 1.95. The fraction of sp³-hybridized carbons (Fsp3) is 0.316. The molecule has 0 fully saturated rings. The van der Waals surface area contributed by atoms with Gasteiger partial charge in [-0.1, -0.05) is 24.3 Å². The molecule has 0 radical (unpaired) electrons. The minimum Gasteiger partial charge on any atom is -0.497 e. The lowest BCUT2D eigenvalue weighted by atomic mass is 10.1. The number of sulfonamides is 1. The summed E-state index contributed by atoms with van der Waals surface area (Å²) in [5.74, 6) is 0.408. The zero-order chi connectivity index (χ0) is 19.2. The van der Waals surface area contributed by atoms with Crippen molar-refractivity contribution in [3.63, 3.8) is 0 Å². The van der Waals surface area contributed by atoms with Crippen molar-refractivity contribution in [2.24, 2.45) is 0 Å². The van der Waals surface area contributed by atoms with Crippen molar-refractivity contribution >= 4 is 15.9 Å². The average molecular weight is 376 g/mol. The number of methoxy groups -OCH3 is 1. The van der Waals surface area contributed by atoms with Gasteiger partial charge in [-0.05, 0) is 55.2 Å². The molecule has 2 N–H and O–H groups in total. The molecule has 2 aromatic carbocycles. The lowest BCUT2D eigenvalue weighted by Crippen LogP contribution is -2.37. The van der Waals surface area contributed by atoms with Crippen LogP contribution in [0.25, 0.3) is 0 Å². The molecule has 140 valence electrons. The summed E-state index contributed by atoms with van der Waals surface area (Å²) in [4.78, 5) is 12.1. The number of rotatable bonds is 8. The van der Waals surface area contributed by atoms with Crippen LogP contribution in [-0.4, -0.2) is 34.5 Å². The Morgan fingerprint density at radius 2 is 1.77 bits per heavy atom. The Balaban J connectivity index is 1.83. The van der Waals surface area contributed by atoms with Crippen LogP contribution in [-0.2, 0) is 21.2 Å². The van der Waals surface area contributed by atoms with Gasteiger partial charge in [0.25, 0.3) is 0 Å². The van der Waals surface area contributed by atoms with Crippen LogP contribution in [0.2, 0.25) is 0 Å². The van der Waals surface area contributed by atoms with E-state index in [0.29, 0.717) is 18.5 Å². The fourth-order valence-electron chi connectivity index (χ4n) is 2.44. The largest absolute Gasteiger partial charge is 0.497 e. The van der Waals surface area contributed by atoms with Crippen LogP contribution in [0.5, 0.6) is 5.75 Å². The maximum atomic E-state index is 12.4. The monoisotopic (exact) mass is 376 g/mol. The number of benzene rings is 2. The first-order chi connectivity index (χ1) is 12.3. The van der Waals surface area contributed by atoms with E-state index < -0.39 is 10.0 Å². The van der Waals surface area contributed by atoms with Gasteiger partial charge in [0.05, 0.1) is 18.6 Å². The smallest absolute Gasteiger partial charge is 0.241 e. The van der Waals surface area contributed by atoms with E-state index in [1.54, 1.807) is 26.2 Å². The van der Waals surface area contributed by atoms with Gasteiger partial charge in [-0.3, -0.25) is 4.79 Å². The standard InChI is InChI=1S/C19H24N2O4S/c1-14-4-5-15(2)18(12-14)26(23,24)21-13-19(22)20-11-10-16-6-8-17(25-3)9-7-16/h4-9,12,21H,10-11,13H2,1-3H3,(H,20,22). The molecule has 0 unspecified atom stereocenters. The predicted molar refractivity (Wildman–Crippen MR) is 101 cm³/mol. The first kappa shape index (κ1) is 19.9. The highest BCUT2D eigenvalue weighted by molar-refractivity contribution is 7.89. The van der Waals surface area contributed by atoms with Crippen LogP contribution in [0.15, 0.2) is 47.4 Å². The van der Waals surface area contributed by atoms with Gasteiger partial charge >= 0.3 is 0 Å². The molecule has 6 nitrogen and oxygen atoms in total. The fourth-order valence-corrected chi connectivity index (χ4v) is 3.75. The molecule has 7 heteroatoms. The lowest BCUT2D eigenvalue weighted by Gasteiger charge is -2.10. The number of carbonyl (C=O) groups is 1. The van der Waals surface area contributed by atoms with Gasteiger partial charge in [0.2, 0.25) is 15.9 Å². The molecule has 0 aromatic heterocycles. The molecule has 0 bridgehead atoms. The van der Waals surface area contributed by atoms with Gasteiger partial charge in [0.15, 0.2) is 0 Å². The minimum atomic E-state index is -3.72. The number of aryl methyl sites for hydroxylation is 2. The Hall–Kier alpha value is -2.38. The average Bonchev–Trinajstić information content (AvgIpc) is 2.62. The summed E-state index contributed by atoms with van der Waals surface area (Å²) in [6, 6.07) is 12.8. The first-order valence-electron chi connectivity index (χ1n) is 8.28. The summed E-state index contributed by atoms with van der Waals surface area (Å²) in [5.41, 5.74) is 2.55. The van der Waals surface area contributed by atoms with Crippen LogP contribution in [0.4, 0.5) is 0 Å². The van der Waals surface area contributed by atoms with Crippen LogP contribution < -0.4 is 14.8 Å². The minimum absolute atomic E-state index is 0.198. The Bertz CT molecular complexity index is 862. The number of carbonyl (C=O) groups excluding carboxylic acids is 1. The Kier molecular flexibility index (Phi) is 6.76. The maximum absolute atomic E-state index is 12.4. The molecule has 1 amide bonds. The van der Waals surface area contributed by atoms with E-state index in [9.17, 15) is 13.2 Å². The SMILES string of the molecule is COc1ccc(CCNC(=O)CNS(=O)(=O)c2cc(C)ccc2C)cc1. The second kappa shape index (κ2) is 8.82. The summed E-state index contributed by atoms with van der Waals surface area (Å²) in [7, 11) is -2.11. The quantitative estimate of drug-likeness (QED) is 0.737. The molecule has 0 atom stereocenters. The van der Waals surface area contributed by atoms with Crippen LogP contribution >= 0.6 is 0 Å². The van der Waals surface area contributed by atoms with Crippen molar-refractivity contribution < 1.29 is 17.9 Å². The van der Waals surface area contributed by atoms with Gasteiger partial charge in [0, 0.05) is 6.54 Å². The molecule has 2 rings (SSSR count). The Labute approximate surface area is 154 Å². The summed E-state index contributed by atoms with van der Waals surface area (Å²) in [6.45, 7) is 3.68. The van der Waals surface area contributed by atoms with Crippen molar-refractivity contribution in [2.45, 2.75) is 25.2 Å². The van der Waals surface area contributed by atoms with Crippen molar-refractivity contribution in [3.05, 3.63) is 59.2 Å². The third-order valence-corrected chi connectivity index (χ3v) is 5.49. The Morgan fingerprint density at radius 1 is 1.08 bits per heavy atom. The molecule has 0 spiro atoms. The maximum Gasteiger partial charge on any atom is 0.241 e. The zero-order valence-electron chi connectivity index (χ0n) is 15.2. The first-order valence-corrected chi connectivity index (χ1v) is 9.76. The Morgan fingerprint density at radius 3 is 2.42 bits per heavy atom. The van der Waals surface area contributed by atoms with Crippen LogP contribution in [0, 0.1) is 13.8 Å². The number of hydrogen-bond acceptors (Lipinski definition) is 4. The third-order valence-electron chi connectivity index (χ3n) is 3.95. The van der Waals surface area contributed by atoms with Crippen molar-refractivity contribution in [2.75, 3.05) is 20.2 Å². The van der Waals surface area contributed by atoms with Crippen LogP contribution in [0.1, 0.15) is 16.7 Å². The highest BCUT2D eigenvalue weighted by Gasteiger charge is 2.17. The molecule has 0 heterocycles. The normalized spacial score (nSPS) is 11.2. The van der Waals surface area contributed by atoms with Gasteiger partial charge < -0.3 is 10.1 Å². The van der Waals surface area contributed by atoms with Crippen molar-refractivity contribution in [1.82, 2.24) is 10.0 Å². The summed E-state index contributed by atoms with van der Waals surface area (Å²) in [5, 5.41) is 2.71. The topological polar surface area (TPSA) is 84.5 Å². The molecule has 0 aliphatic carbocycles. The molecular formula is C19H24N2O4S. The van der Waals surface area contributed by atoms with Gasteiger partial charge in [-0.2, -0.15) is 0 Å².